The second-order valence-corrected chi connectivity index (χ2v) is 9.80. The van der Waals surface area contributed by atoms with Crippen molar-refractivity contribution >= 4 is 21.6 Å². The second kappa shape index (κ2) is 10.2. The van der Waals surface area contributed by atoms with Crippen LogP contribution in [0.1, 0.15) is 25.8 Å². The van der Waals surface area contributed by atoms with E-state index in [2.05, 4.69) is 4.72 Å². The molecular formula is C22H27N3O7S. The van der Waals surface area contributed by atoms with Crippen LogP contribution in [0.2, 0.25) is 0 Å². The number of nitro groups is 1. The van der Waals surface area contributed by atoms with Crippen LogP contribution in [-0.4, -0.2) is 50.5 Å². The highest BCUT2D eigenvalue weighted by atomic mass is 32.2. The average Bonchev–Trinajstić information content (AvgIpc) is 3.02. The van der Waals surface area contributed by atoms with E-state index in [1.54, 1.807) is 32.0 Å². The molecule has 1 unspecified atom stereocenters. The summed E-state index contributed by atoms with van der Waals surface area (Å²) in [5.41, 5.74) is 0.248. The fourth-order valence-corrected chi connectivity index (χ4v) is 4.76. The van der Waals surface area contributed by atoms with Crippen LogP contribution in [0.15, 0.2) is 47.4 Å². The smallest absolute Gasteiger partial charge is 0.274 e. The Labute approximate surface area is 192 Å². The Bertz CT molecular complexity index is 1130. The van der Waals surface area contributed by atoms with Gasteiger partial charge in [0.25, 0.3) is 5.69 Å². The van der Waals surface area contributed by atoms with E-state index in [0.717, 1.165) is 0 Å². The topological polar surface area (TPSA) is 128 Å². The lowest BCUT2D eigenvalue weighted by Crippen LogP contribution is -2.49. The van der Waals surface area contributed by atoms with Crippen LogP contribution < -0.4 is 14.2 Å². The molecule has 0 spiro atoms. The third-order valence-corrected chi connectivity index (χ3v) is 6.65. The highest BCUT2D eigenvalue weighted by molar-refractivity contribution is 7.89. The van der Waals surface area contributed by atoms with E-state index >= 15 is 0 Å². The molecule has 0 fully saturated rings. The number of sulfonamides is 1. The first kappa shape index (κ1) is 24.5. The summed E-state index contributed by atoms with van der Waals surface area (Å²) in [6.07, 6.45) is 0.685. The minimum atomic E-state index is -4.06. The summed E-state index contributed by atoms with van der Waals surface area (Å²) in [7, 11) is -2.58. The Kier molecular flexibility index (Phi) is 7.54. The molecule has 2 aromatic carbocycles. The molecule has 3 rings (SSSR count). The number of fused-ring (bicyclic) bond motifs is 1. The van der Waals surface area contributed by atoms with Gasteiger partial charge in [-0.15, -0.1) is 0 Å². The van der Waals surface area contributed by atoms with Crippen LogP contribution in [0.25, 0.3) is 0 Å². The monoisotopic (exact) mass is 477 g/mol. The van der Waals surface area contributed by atoms with E-state index in [-0.39, 0.29) is 23.0 Å². The highest BCUT2D eigenvalue weighted by Crippen LogP contribution is 2.32. The second-order valence-electron chi connectivity index (χ2n) is 8.08. The van der Waals surface area contributed by atoms with Crippen LogP contribution in [0.5, 0.6) is 11.5 Å². The first-order chi connectivity index (χ1) is 15.6. The van der Waals surface area contributed by atoms with Gasteiger partial charge < -0.3 is 14.4 Å². The largest absolute Gasteiger partial charge is 0.490 e. The van der Waals surface area contributed by atoms with E-state index in [1.807, 2.05) is 0 Å². The van der Waals surface area contributed by atoms with Crippen LogP contribution in [0, 0.1) is 16.0 Å². The van der Waals surface area contributed by atoms with Crippen molar-refractivity contribution < 1.29 is 27.6 Å². The maximum absolute atomic E-state index is 13.1. The number of carbonyl (C=O) groups excluding carboxylic acids is 1. The molecule has 0 aliphatic carbocycles. The van der Waals surface area contributed by atoms with Crippen LogP contribution in [0.3, 0.4) is 0 Å². The van der Waals surface area contributed by atoms with Crippen molar-refractivity contribution in [2.75, 3.05) is 20.3 Å². The molecule has 1 amide bonds. The summed E-state index contributed by atoms with van der Waals surface area (Å²) in [5.74, 6) is -0.0783. The van der Waals surface area contributed by atoms with Crippen molar-refractivity contribution in [3.63, 3.8) is 0 Å². The molecule has 0 bridgehead atoms. The fourth-order valence-electron chi connectivity index (χ4n) is 3.41. The number of carbonyl (C=O) groups is 1. The van der Waals surface area contributed by atoms with Gasteiger partial charge >= 0.3 is 0 Å². The van der Waals surface area contributed by atoms with Gasteiger partial charge in [-0.3, -0.25) is 14.9 Å². The molecule has 0 aromatic heterocycles. The molecular weight excluding hydrogens is 450 g/mol. The minimum absolute atomic E-state index is 0.0367. The number of nitro benzene ring substituents is 1. The zero-order chi connectivity index (χ0) is 24.2. The van der Waals surface area contributed by atoms with Crippen molar-refractivity contribution in [1.29, 1.82) is 0 Å². The molecule has 2 aromatic rings. The molecule has 1 aliphatic rings. The summed E-state index contributed by atoms with van der Waals surface area (Å²) in [6.45, 7) is 4.29. The van der Waals surface area contributed by atoms with E-state index < -0.39 is 26.9 Å². The Morgan fingerprint density at radius 2 is 1.82 bits per heavy atom. The zero-order valence-electron chi connectivity index (χ0n) is 18.7. The number of benzene rings is 2. The molecule has 33 heavy (non-hydrogen) atoms. The molecule has 1 atom stereocenters. The van der Waals surface area contributed by atoms with E-state index in [4.69, 9.17) is 9.47 Å². The molecule has 0 radical (unpaired) electrons. The number of hydrogen-bond acceptors (Lipinski definition) is 7. The molecule has 0 saturated heterocycles. The lowest BCUT2D eigenvalue weighted by Gasteiger charge is -2.27. The summed E-state index contributed by atoms with van der Waals surface area (Å²) in [5, 5.41) is 11.3. The Morgan fingerprint density at radius 3 is 2.48 bits per heavy atom. The van der Waals surface area contributed by atoms with Gasteiger partial charge in [-0.2, -0.15) is 4.72 Å². The van der Waals surface area contributed by atoms with Gasteiger partial charge in [-0.25, -0.2) is 8.42 Å². The van der Waals surface area contributed by atoms with Crippen molar-refractivity contribution in [2.24, 2.45) is 5.92 Å². The standard InChI is InChI=1S/C22H27N3O7S/c1-15(2)21(22(26)24(3)14-16-7-4-5-8-18(16)25(27)28)23-33(29,30)17-9-10-19-20(13-17)32-12-6-11-31-19/h4-5,7-10,13,15,21,23H,6,11-12,14H2,1-3H3. The molecule has 1 aliphatic heterocycles. The molecule has 1 N–H and O–H groups in total. The lowest BCUT2D eigenvalue weighted by molar-refractivity contribution is -0.385. The first-order valence-electron chi connectivity index (χ1n) is 10.5. The fraction of sp³-hybridized carbons (Fsp3) is 0.409. The van der Waals surface area contributed by atoms with E-state index in [9.17, 15) is 23.3 Å². The van der Waals surface area contributed by atoms with E-state index in [1.165, 1.54) is 36.2 Å². The normalized spacial score (nSPS) is 14.4. The Morgan fingerprint density at radius 1 is 1.15 bits per heavy atom. The zero-order valence-corrected chi connectivity index (χ0v) is 19.5. The molecule has 11 heteroatoms. The summed E-state index contributed by atoms with van der Waals surface area (Å²) in [4.78, 5) is 25.1. The van der Waals surface area contributed by atoms with Gasteiger partial charge in [0.15, 0.2) is 11.5 Å². The molecule has 10 nitrogen and oxygen atoms in total. The average molecular weight is 478 g/mol. The summed E-state index contributed by atoms with van der Waals surface area (Å²) >= 11 is 0. The van der Waals surface area contributed by atoms with Gasteiger partial charge in [0.1, 0.15) is 6.04 Å². The summed E-state index contributed by atoms with van der Waals surface area (Å²) in [6, 6.07) is 9.35. The van der Waals surface area contributed by atoms with Crippen LogP contribution in [0.4, 0.5) is 5.69 Å². The van der Waals surface area contributed by atoms with E-state index in [0.29, 0.717) is 36.7 Å². The number of amides is 1. The SMILES string of the molecule is CC(C)C(NS(=O)(=O)c1ccc2c(c1)OCCCO2)C(=O)N(C)Cc1ccccc1[N+](=O)[O-]. The minimum Gasteiger partial charge on any atom is -0.490 e. The molecule has 178 valence electrons. The van der Waals surface area contributed by atoms with Crippen molar-refractivity contribution in [3.8, 4) is 11.5 Å². The maximum Gasteiger partial charge on any atom is 0.274 e. The van der Waals surface area contributed by atoms with Crippen LogP contribution >= 0.6 is 0 Å². The lowest BCUT2D eigenvalue weighted by atomic mass is 10.0. The van der Waals surface area contributed by atoms with Gasteiger partial charge in [-0.1, -0.05) is 32.0 Å². The van der Waals surface area contributed by atoms with Gasteiger partial charge in [0.05, 0.1) is 29.6 Å². The third-order valence-electron chi connectivity index (χ3n) is 5.22. The quantitative estimate of drug-likeness (QED) is 0.457. The molecule has 1 heterocycles. The summed E-state index contributed by atoms with van der Waals surface area (Å²) < 4.78 is 39.8. The number of likely N-dealkylation sites (N-methyl/N-ethyl adjacent to an activating group) is 1. The predicted molar refractivity (Wildman–Crippen MR) is 121 cm³/mol. The maximum atomic E-state index is 13.1. The number of nitrogens with zero attached hydrogens (tertiary/aromatic N) is 2. The third kappa shape index (κ3) is 5.79. The number of para-hydroxylation sites is 1. The highest BCUT2D eigenvalue weighted by Gasteiger charge is 2.31. The van der Waals surface area contributed by atoms with Crippen LogP contribution in [-0.2, 0) is 21.4 Å². The first-order valence-corrected chi connectivity index (χ1v) is 12.0. The van der Waals surface area contributed by atoms with Gasteiger partial charge in [0, 0.05) is 31.2 Å². The van der Waals surface area contributed by atoms with Crippen molar-refractivity contribution in [1.82, 2.24) is 9.62 Å². The number of nitrogens with one attached hydrogen (secondary N) is 1. The Hall–Kier alpha value is -3.18. The van der Waals surface area contributed by atoms with Gasteiger partial charge in [-0.05, 0) is 18.1 Å². The van der Waals surface area contributed by atoms with Gasteiger partial charge in [0.2, 0.25) is 15.9 Å². The number of ether oxygens (including phenoxy) is 2. The molecule has 0 saturated carbocycles. The van der Waals surface area contributed by atoms with Crippen molar-refractivity contribution in [3.05, 3.63) is 58.1 Å². The Balaban J connectivity index is 1.80. The predicted octanol–water partition coefficient (Wildman–Crippen LogP) is 2.72. The number of hydrogen-bond donors (Lipinski definition) is 1. The van der Waals surface area contributed by atoms with Crippen molar-refractivity contribution in [2.45, 2.75) is 37.8 Å². The number of rotatable bonds is 8.